The van der Waals surface area contributed by atoms with Gasteiger partial charge in [-0.2, -0.15) is 0 Å². The van der Waals surface area contributed by atoms with E-state index in [4.69, 9.17) is 0 Å². The Kier molecular flexibility index (Phi) is 4.19. The number of hydrogen-bond donors (Lipinski definition) is 2. The quantitative estimate of drug-likeness (QED) is 0.683. The summed E-state index contributed by atoms with van der Waals surface area (Å²) < 4.78 is 1.00. The van der Waals surface area contributed by atoms with Crippen LogP contribution in [0, 0.1) is 0 Å². The summed E-state index contributed by atoms with van der Waals surface area (Å²) in [5.74, 6) is 0.504. The van der Waals surface area contributed by atoms with Crippen LogP contribution in [0.5, 0.6) is 0 Å². The molecule has 3 aromatic rings. The van der Waals surface area contributed by atoms with Crippen molar-refractivity contribution in [2.75, 3.05) is 5.32 Å². The van der Waals surface area contributed by atoms with Crippen LogP contribution in [0.3, 0.4) is 0 Å². The highest BCUT2D eigenvalue weighted by atomic mass is 79.9. The van der Waals surface area contributed by atoms with Crippen LogP contribution in [0.15, 0.2) is 75.2 Å². The molecule has 0 fully saturated rings. The van der Waals surface area contributed by atoms with Gasteiger partial charge in [-0.15, -0.1) is 0 Å². The third kappa shape index (κ3) is 3.25. The number of aliphatic imine (C=N–C) groups is 1. The molecule has 2 N–H and O–H groups in total. The van der Waals surface area contributed by atoms with Crippen LogP contribution in [0.2, 0.25) is 0 Å². The number of nitrogens with zero attached hydrogens (tertiary/aromatic N) is 2. The van der Waals surface area contributed by atoms with E-state index in [-0.39, 0.29) is 11.6 Å². The van der Waals surface area contributed by atoms with Crippen molar-refractivity contribution in [3.63, 3.8) is 0 Å². The van der Waals surface area contributed by atoms with E-state index in [1.165, 1.54) is 6.33 Å². The van der Waals surface area contributed by atoms with Gasteiger partial charge in [0, 0.05) is 10.9 Å². The molecule has 0 spiro atoms. The maximum Gasteiger partial charge on any atom is 0.278 e. The standard InChI is InChI=1S/C19H15BrN4O/c20-14-8-6-13(7-9-14)15-10-16(12-4-2-1-3-5-12)24-18-17(23-15)19(25)22-11-21-18/h1-9,11,16H,10H2,(H2,21,22,24,25)/t16-/m0/s1. The Morgan fingerprint density at radius 3 is 2.56 bits per heavy atom. The Labute approximate surface area is 153 Å². The molecule has 1 atom stereocenters. The minimum Gasteiger partial charge on any atom is -0.361 e. The normalized spacial score (nSPS) is 16.4. The largest absolute Gasteiger partial charge is 0.361 e. The molecule has 4 rings (SSSR count). The third-order valence-corrected chi connectivity index (χ3v) is 4.69. The van der Waals surface area contributed by atoms with E-state index in [2.05, 4.69) is 48.3 Å². The Morgan fingerprint density at radius 2 is 1.80 bits per heavy atom. The monoisotopic (exact) mass is 394 g/mol. The zero-order valence-electron chi connectivity index (χ0n) is 13.2. The number of nitrogens with one attached hydrogen (secondary N) is 2. The van der Waals surface area contributed by atoms with Crippen LogP contribution < -0.4 is 10.9 Å². The summed E-state index contributed by atoms with van der Waals surface area (Å²) in [6.45, 7) is 0. The third-order valence-electron chi connectivity index (χ3n) is 4.16. The molecule has 5 nitrogen and oxygen atoms in total. The molecule has 124 valence electrons. The van der Waals surface area contributed by atoms with Crippen molar-refractivity contribution >= 4 is 33.1 Å². The Morgan fingerprint density at radius 1 is 1.04 bits per heavy atom. The van der Waals surface area contributed by atoms with E-state index in [1.54, 1.807) is 0 Å². The SMILES string of the molecule is O=c1[nH]cnc2c1N=C(c1ccc(Br)cc1)C[C@@H](c1ccccc1)N2. The fourth-order valence-corrected chi connectivity index (χ4v) is 3.17. The van der Waals surface area contributed by atoms with Crippen molar-refractivity contribution in [1.29, 1.82) is 0 Å². The van der Waals surface area contributed by atoms with E-state index in [9.17, 15) is 4.79 Å². The predicted molar refractivity (Wildman–Crippen MR) is 103 cm³/mol. The van der Waals surface area contributed by atoms with Gasteiger partial charge in [-0.05, 0) is 23.3 Å². The molecular formula is C19H15BrN4O. The fourth-order valence-electron chi connectivity index (χ4n) is 2.90. The molecule has 1 aromatic heterocycles. The minimum atomic E-state index is -0.249. The number of fused-ring (bicyclic) bond motifs is 1. The molecule has 0 aliphatic carbocycles. The number of rotatable bonds is 2. The van der Waals surface area contributed by atoms with Crippen molar-refractivity contribution in [2.45, 2.75) is 12.5 Å². The number of H-pyrrole nitrogens is 1. The number of halogens is 1. The number of aromatic nitrogens is 2. The molecule has 0 saturated heterocycles. The molecule has 0 unspecified atom stereocenters. The average Bonchev–Trinajstić information content (AvgIpc) is 2.84. The highest BCUT2D eigenvalue weighted by Gasteiger charge is 2.23. The summed E-state index contributed by atoms with van der Waals surface area (Å²) in [6.07, 6.45) is 2.05. The Balaban J connectivity index is 1.85. The van der Waals surface area contributed by atoms with Gasteiger partial charge in [-0.25, -0.2) is 9.98 Å². The van der Waals surface area contributed by atoms with E-state index in [0.29, 0.717) is 17.9 Å². The van der Waals surface area contributed by atoms with E-state index < -0.39 is 0 Å². The van der Waals surface area contributed by atoms with E-state index >= 15 is 0 Å². The lowest BCUT2D eigenvalue weighted by Crippen LogP contribution is -2.15. The highest BCUT2D eigenvalue weighted by Crippen LogP contribution is 2.31. The summed E-state index contributed by atoms with van der Waals surface area (Å²) in [5.41, 5.74) is 3.04. The topological polar surface area (TPSA) is 70.1 Å². The summed E-state index contributed by atoms with van der Waals surface area (Å²) in [7, 11) is 0. The van der Waals surface area contributed by atoms with Gasteiger partial charge < -0.3 is 10.3 Å². The first kappa shape index (κ1) is 15.8. The second-order valence-corrected chi connectivity index (χ2v) is 6.72. The summed E-state index contributed by atoms with van der Waals surface area (Å²) in [5, 5.41) is 3.37. The van der Waals surface area contributed by atoms with Crippen molar-refractivity contribution in [1.82, 2.24) is 9.97 Å². The van der Waals surface area contributed by atoms with Crippen molar-refractivity contribution in [3.05, 3.63) is 86.9 Å². The molecule has 2 heterocycles. The van der Waals surface area contributed by atoms with Gasteiger partial charge in [0.05, 0.1) is 18.1 Å². The molecule has 0 radical (unpaired) electrons. The average molecular weight is 395 g/mol. The second kappa shape index (κ2) is 6.64. The minimum absolute atomic E-state index is 0.0147. The molecular weight excluding hydrogens is 380 g/mol. The zero-order valence-corrected chi connectivity index (χ0v) is 14.8. The van der Waals surface area contributed by atoms with Gasteiger partial charge in [-0.1, -0.05) is 58.4 Å². The van der Waals surface area contributed by atoms with Crippen LogP contribution in [0.4, 0.5) is 11.5 Å². The Bertz CT molecular complexity index is 980. The fraction of sp³-hybridized carbons (Fsp3) is 0.105. The van der Waals surface area contributed by atoms with Gasteiger partial charge in [0.2, 0.25) is 0 Å². The number of benzene rings is 2. The summed E-state index contributed by atoms with van der Waals surface area (Å²) in [6, 6.07) is 18.1. The predicted octanol–water partition coefficient (Wildman–Crippen LogP) is 4.21. The lowest BCUT2D eigenvalue weighted by molar-refractivity contribution is 0.821. The second-order valence-electron chi connectivity index (χ2n) is 5.81. The molecule has 0 amide bonds. The van der Waals surface area contributed by atoms with Crippen LogP contribution in [-0.4, -0.2) is 15.7 Å². The van der Waals surface area contributed by atoms with Gasteiger partial charge in [0.25, 0.3) is 5.56 Å². The highest BCUT2D eigenvalue weighted by molar-refractivity contribution is 9.10. The molecule has 1 aliphatic heterocycles. The van der Waals surface area contributed by atoms with Crippen LogP contribution in [0.1, 0.15) is 23.6 Å². The van der Waals surface area contributed by atoms with Crippen molar-refractivity contribution in [3.8, 4) is 0 Å². The van der Waals surface area contributed by atoms with Crippen molar-refractivity contribution < 1.29 is 0 Å². The number of aromatic amines is 1. The number of anilines is 1. The van der Waals surface area contributed by atoms with E-state index in [1.807, 2.05) is 42.5 Å². The molecule has 2 aromatic carbocycles. The van der Waals surface area contributed by atoms with Crippen LogP contribution >= 0.6 is 15.9 Å². The number of hydrogen-bond acceptors (Lipinski definition) is 4. The molecule has 1 aliphatic rings. The lowest BCUT2D eigenvalue weighted by Gasteiger charge is -2.18. The maximum absolute atomic E-state index is 12.2. The summed E-state index contributed by atoms with van der Waals surface area (Å²) >= 11 is 3.45. The first-order valence-electron chi connectivity index (χ1n) is 7.93. The lowest BCUT2D eigenvalue weighted by atomic mass is 9.97. The van der Waals surface area contributed by atoms with E-state index in [0.717, 1.165) is 21.3 Å². The van der Waals surface area contributed by atoms with Gasteiger partial charge in [-0.3, -0.25) is 4.79 Å². The van der Waals surface area contributed by atoms with Crippen LogP contribution in [-0.2, 0) is 0 Å². The molecule has 0 saturated carbocycles. The van der Waals surface area contributed by atoms with Crippen LogP contribution in [0.25, 0.3) is 0 Å². The van der Waals surface area contributed by atoms with Gasteiger partial charge >= 0.3 is 0 Å². The maximum atomic E-state index is 12.2. The summed E-state index contributed by atoms with van der Waals surface area (Å²) in [4.78, 5) is 23.8. The first-order valence-corrected chi connectivity index (χ1v) is 8.73. The smallest absolute Gasteiger partial charge is 0.278 e. The Hall–Kier alpha value is -2.73. The molecule has 0 bridgehead atoms. The molecule has 25 heavy (non-hydrogen) atoms. The van der Waals surface area contributed by atoms with Gasteiger partial charge in [0.1, 0.15) is 0 Å². The first-order chi connectivity index (χ1) is 12.2. The molecule has 6 heteroatoms. The van der Waals surface area contributed by atoms with Gasteiger partial charge in [0.15, 0.2) is 11.5 Å². The van der Waals surface area contributed by atoms with Crippen molar-refractivity contribution in [2.24, 2.45) is 4.99 Å². The zero-order chi connectivity index (χ0) is 17.2.